The largest absolute Gasteiger partial charge is 0.338 e. The summed E-state index contributed by atoms with van der Waals surface area (Å²) >= 11 is 4.97. The number of likely N-dealkylation sites (tertiary alicyclic amines) is 1. The second-order valence-corrected chi connectivity index (χ2v) is 6.62. The first kappa shape index (κ1) is 12.1. The number of hydrogen-bond acceptors (Lipinski definition) is 2. The van der Waals surface area contributed by atoms with Crippen LogP contribution in [-0.2, 0) is 0 Å². The summed E-state index contributed by atoms with van der Waals surface area (Å²) in [4.78, 5) is 14.1. The lowest BCUT2D eigenvalue weighted by atomic mass is 10.0. The molecule has 1 aliphatic heterocycles. The van der Waals surface area contributed by atoms with E-state index in [-0.39, 0.29) is 5.91 Å². The molecule has 2 rings (SSSR count). The molecule has 88 valence electrons. The van der Waals surface area contributed by atoms with E-state index in [1.807, 2.05) is 16.3 Å². The standard InChI is InChI=1S/C12H16BrNOS/c1-2-3-9-4-5-14(7-9)12(15)10-6-11(13)16-8-10/h6,8-9H,2-5,7H2,1H3. The van der Waals surface area contributed by atoms with Gasteiger partial charge in [0, 0.05) is 18.5 Å². The minimum Gasteiger partial charge on any atom is -0.338 e. The molecule has 1 aromatic rings. The zero-order chi connectivity index (χ0) is 11.5. The summed E-state index contributed by atoms with van der Waals surface area (Å²) in [5.41, 5.74) is 0.828. The van der Waals surface area contributed by atoms with Crippen LogP contribution in [0.3, 0.4) is 0 Å². The molecule has 16 heavy (non-hydrogen) atoms. The Morgan fingerprint density at radius 1 is 1.69 bits per heavy atom. The molecule has 2 nitrogen and oxygen atoms in total. The molecule has 0 spiro atoms. The second kappa shape index (κ2) is 5.32. The Morgan fingerprint density at radius 3 is 3.12 bits per heavy atom. The van der Waals surface area contributed by atoms with Crippen molar-refractivity contribution in [3.63, 3.8) is 0 Å². The number of halogens is 1. The van der Waals surface area contributed by atoms with Crippen LogP contribution >= 0.6 is 27.3 Å². The molecule has 4 heteroatoms. The summed E-state index contributed by atoms with van der Waals surface area (Å²) in [6.07, 6.45) is 3.64. The molecule has 1 atom stereocenters. The summed E-state index contributed by atoms with van der Waals surface area (Å²) in [5.74, 6) is 0.913. The van der Waals surface area contributed by atoms with Crippen molar-refractivity contribution in [2.45, 2.75) is 26.2 Å². The minimum atomic E-state index is 0.195. The van der Waals surface area contributed by atoms with Gasteiger partial charge in [-0.2, -0.15) is 0 Å². The van der Waals surface area contributed by atoms with Crippen LogP contribution in [0.2, 0.25) is 0 Å². The third kappa shape index (κ3) is 2.66. The molecule has 0 aromatic carbocycles. The van der Waals surface area contributed by atoms with Gasteiger partial charge in [0.1, 0.15) is 0 Å². The Bertz CT molecular complexity index is 377. The SMILES string of the molecule is CCCC1CCN(C(=O)c2csc(Br)c2)C1. The third-order valence-electron chi connectivity index (χ3n) is 3.08. The van der Waals surface area contributed by atoms with Gasteiger partial charge in [-0.15, -0.1) is 11.3 Å². The first-order valence-corrected chi connectivity index (χ1v) is 7.41. The summed E-state index contributed by atoms with van der Waals surface area (Å²) in [7, 11) is 0. The van der Waals surface area contributed by atoms with Crippen molar-refractivity contribution in [1.29, 1.82) is 0 Å². The van der Waals surface area contributed by atoms with E-state index >= 15 is 0 Å². The van der Waals surface area contributed by atoms with E-state index in [0.29, 0.717) is 0 Å². The maximum absolute atomic E-state index is 12.1. The van der Waals surface area contributed by atoms with Crippen molar-refractivity contribution in [1.82, 2.24) is 4.90 Å². The van der Waals surface area contributed by atoms with Crippen LogP contribution in [0.15, 0.2) is 15.2 Å². The molecule has 1 amide bonds. The quantitative estimate of drug-likeness (QED) is 0.832. The van der Waals surface area contributed by atoms with Gasteiger partial charge in [0.05, 0.1) is 9.35 Å². The van der Waals surface area contributed by atoms with Crippen LogP contribution in [0.4, 0.5) is 0 Å². The number of amides is 1. The Hall–Kier alpha value is -0.350. The average molecular weight is 302 g/mol. The van der Waals surface area contributed by atoms with Gasteiger partial charge in [-0.1, -0.05) is 13.3 Å². The van der Waals surface area contributed by atoms with Crippen molar-refractivity contribution >= 4 is 33.2 Å². The van der Waals surface area contributed by atoms with Gasteiger partial charge < -0.3 is 4.90 Å². The van der Waals surface area contributed by atoms with Crippen LogP contribution in [0.1, 0.15) is 36.5 Å². The van der Waals surface area contributed by atoms with Gasteiger partial charge in [-0.3, -0.25) is 4.79 Å². The van der Waals surface area contributed by atoms with E-state index in [1.54, 1.807) is 11.3 Å². The van der Waals surface area contributed by atoms with Gasteiger partial charge in [0.25, 0.3) is 5.91 Å². The average Bonchev–Trinajstić information content (AvgIpc) is 2.87. The van der Waals surface area contributed by atoms with Crippen LogP contribution < -0.4 is 0 Å². The smallest absolute Gasteiger partial charge is 0.254 e. The molecular formula is C12H16BrNOS. The fourth-order valence-corrected chi connectivity index (χ4v) is 3.40. The predicted molar refractivity (Wildman–Crippen MR) is 70.9 cm³/mol. The van der Waals surface area contributed by atoms with Crippen LogP contribution in [0, 0.1) is 5.92 Å². The van der Waals surface area contributed by atoms with E-state index in [4.69, 9.17) is 0 Å². The van der Waals surface area contributed by atoms with Crippen molar-refractivity contribution in [3.05, 3.63) is 20.8 Å². The molecule has 1 aromatic heterocycles. The molecule has 0 bridgehead atoms. The summed E-state index contributed by atoms with van der Waals surface area (Å²) in [6, 6.07) is 1.92. The van der Waals surface area contributed by atoms with Gasteiger partial charge in [-0.05, 0) is 40.8 Å². The topological polar surface area (TPSA) is 20.3 Å². The van der Waals surface area contributed by atoms with Gasteiger partial charge >= 0.3 is 0 Å². The maximum atomic E-state index is 12.1. The molecule has 1 saturated heterocycles. The normalized spacial score (nSPS) is 20.4. The van der Waals surface area contributed by atoms with E-state index in [9.17, 15) is 4.79 Å². The monoisotopic (exact) mass is 301 g/mol. The Labute approximate surface area is 109 Å². The lowest BCUT2D eigenvalue weighted by Crippen LogP contribution is -2.28. The van der Waals surface area contributed by atoms with Crippen LogP contribution in [-0.4, -0.2) is 23.9 Å². The zero-order valence-electron chi connectivity index (χ0n) is 9.41. The van der Waals surface area contributed by atoms with Crippen molar-refractivity contribution in [2.24, 2.45) is 5.92 Å². The Morgan fingerprint density at radius 2 is 2.50 bits per heavy atom. The molecule has 1 unspecified atom stereocenters. The second-order valence-electron chi connectivity index (χ2n) is 4.33. The fourth-order valence-electron chi connectivity index (χ4n) is 2.27. The molecule has 0 aliphatic carbocycles. The van der Waals surface area contributed by atoms with Crippen molar-refractivity contribution in [2.75, 3.05) is 13.1 Å². The van der Waals surface area contributed by atoms with Crippen molar-refractivity contribution < 1.29 is 4.79 Å². The minimum absolute atomic E-state index is 0.195. The lowest BCUT2D eigenvalue weighted by Gasteiger charge is -2.15. The highest BCUT2D eigenvalue weighted by molar-refractivity contribution is 9.11. The summed E-state index contributed by atoms with van der Waals surface area (Å²) in [5, 5.41) is 1.93. The van der Waals surface area contributed by atoms with Gasteiger partial charge in [-0.25, -0.2) is 0 Å². The number of thiophene rings is 1. The highest BCUT2D eigenvalue weighted by atomic mass is 79.9. The van der Waals surface area contributed by atoms with Gasteiger partial charge in [0.15, 0.2) is 0 Å². The van der Waals surface area contributed by atoms with E-state index in [1.165, 1.54) is 19.3 Å². The Kier molecular flexibility index (Phi) is 4.03. The van der Waals surface area contributed by atoms with Crippen LogP contribution in [0.5, 0.6) is 0 Å². The molecule has 0 radical (unpaired) electrons. The Balaban J connectivity index is 1.97. The highest BCUT2D eigenvalue weighted by Crippen LogP contribution is 2.25. The predicted octanol–water partition coefficient (Wildman–Crippen LogP) is 3.77. The van der Waals surface area contributed by atoms with Crippen molar-refractivity contribution in [3.8, 4) is 0 Å². The number of rotatable bonds is 3. The first-order valence-electron chi connectivity index (χ1n) is 5.74. The molecule has 1 aliphatic rings. The maximum Gasteiger partial charge on any atom is 0.254 e. The fraction of sp³-hybridized carbons (Fsp3) is 0.583. The number of carbonyl (C=O) groups is 1. The molecule has 0 saturated carbocycles. The summed E-state index contributed by atoms with van der Waals surface area (Å²) in [6.45, 7) is 4.08. The molecule has 0 N–H and O–H groups in total. The first-order chi connectivity index (χ1) is 7.70. The third-order valence-corrected chi connectivity index (χ3v) is 4.59. The van der Waals surface area contributed by atoms with Gasteiger partial charge in [0.2, 0.25) is 0 Å². The molecule has 2 heterocycles. The van der Waals surface area contributed by atoms with Crippen LogP contribution in [0.25, 0.3) is 0 Å². The van der Waals surface area contributed by atoms with E-state index in [0.717, 1.165) is 28.4 Å². The highest BCUT2D eigenvalue weighted by Gasteiger charge is 2.26. The lowest BCUT2D eigenvalue weighted by molar-refractivity contribution is 0.0787. The van der Waals surface area contributed by atoms with E-state index in [2.05, 4.69) is 22.9 Å². The number of carbonyl (C=O) groups excluding carboxylic acids is 1. The summed E-state index contributed by atoms with van der Waals surface area (Å²) < 4.78 is 1.03. The molecule has 1 fully saturated rings. The number of nitrogens with zero attached hydrogens (tertiary/aromatic N) is 1. The number of hydrogen-bond donors (Lipinski definition) is 0. The zero-order valence-corrected chi connectivity index (χ0v) is 11.8. The molecular weight excluding hydrogens is 286 g/mol. The van der Waals surface area contributed by atoms with E-state index < -0.39 is 0 Å².